The zero-order chi connectivity index (χ0) is 21.7. The average Bonchev–Trinajstić information content (AvgIpc) is 3.46. The zero-order valence-corrected chi connectivity index (χ0v) is 17.9. The first-order chi connectivity index (χ1) is 14.9. The van der Waals surface area contributed by atoms with Crippen molar-refractivity contribution in [1.29, 1.82) is 0 Å². The molecule has 5 rings (SSSR count). The first-order valence-corrected chi connectivity index (χ1v) is 10.9. The summed E-state index contributed by atoms with van der Waals surface area (Å²) in [5, 5.41) is 0. The number of amides is 2. The van der Waals surface area contributed by atoms with Crippen molar-refractivity contribution in [1.82, 2.24) is 0 Å². The molecule has 2 fully saturated rings. The number of hydrogen-bond acceptors (Lipinski definition) is 5. The third-order valence-electron chi connectivity index (χ3n) is 6.31. The van der Waals surface area contributed by atoms with Crippen molar-refractivity contribution >= 4 is 45.2 Å². The van der Waals surface area contributed by atoms with E-state index in [1.165, 1.54) is 17.0 Å². The molecule has 2 amide bonds. The quantitative estimate of drug-likeness (QED) is 0.282. The van der Waals surface area contributed by atoms with Crippen LogP contribution in [0.15, 0.2) is 65.2 Å². The number of ketones is 1. The summed E-state index contributed by atoms with van der Waals surface area (Å²) >= 11 is 3.30. The number of benzene rings is 2. The molecule has 4 atom stereocenters. The van der Waals surface area contributed by atoms with Gasteiger partial charge in [-0.3, -0.25) is 14.4 Å². The van der Waals surface area contributed by atoms with E-state index >= 15 is 0 Å². The van der Waals surface area contributed by atoms with E-state index < -0.39 is 12.6 Å². The highest BCUT2D eigenvalue weighted by Gasteiger charge is 2.59. The number of anilines is 1. The third-order valence-corrected chi connectivity index (χ3v) is 6.84. The molecule has 6 nitrogen and oxygen atoms in total. The molecule has 2 bridgehead atoms. The maximum atomic E-state index is 13.0. The van der Waals surface area contributed by atoms with Crippen LogP contribution in [0.1, 0.15) is 27.1 Å². The Hall–Kier alpha value is -3.06. The molecule has 4 unspecified atom stereocenters. The van der Waals surface area contributed by atoms with E-state index in [9.17, 15) is 19.2 Å². The standard InChI is InChI=1S/C24H18BrNO5/c25-17-8-6-13(7-9-17)19(27)12-31-24(30)16-2-1-3-18(11-16)26-22(28)20-14-4-5-15(10-14)21(20)23(26)29/h1-9,11,14-15,20-21H,10,12H2. The minimum atomic E-state index is -0.687. The molecular formula is C24H18BrNO5. The molecule has 31 heavy (non-hydrogen) atoms. The normalized spacial score (nSPS) is 25.8. The van der Waals surface area contributed by atoms with Gasteiger partial charge in [0.1, 0.15) is 0 Å². The minimum Gasteiger partial charge on any atom is -0.454 e. The number of carbonyl (C=O) groups excluding carboxylic acids is 4. The highest BCUT2D eigenvalue weighted by atomic mass is 79.9. The van der Waals surface area contributed by atoms with E-state index in [0.29, 0.717) is 11.3 Å². The fourth-order valence-electron chi connectivity index (χ4n) is 4.86. The van der Waals surface area contributed by atoms with Crippen molar-refractivity contribution < 1.29 is 23.9 Å². The summed E-state index contributed by atoms with van der Waals surface area (Å²) < 4.78 is 6.01. The third kappa shape index (κ3) is 3.33. The number of halogens is 1. The predicted octanol–water partition coefficient (Wildman–Crippen LogP) is 3.80. The van der Waals surface area contributed by atoms with Gasteiger partial charge in [-0.15, -0.1) is 0 Å². The van der Waals surface area contributed by atoms with Gasteiger partial charge in [0.2, 0.25) is 11.8 Å². The molecule has 2 aromatic rings. The van der Waals surface area contributed by atoms with Crippen LogP contribution in [0.25, 0.3) is 0 Å². The van der Waals surface area contributed by atoms with Gasteiger partial charge in [0, 0.05) is 10.0 Å². The molecule has 1 heterocycles. The van der Waals surface area contributed by atoms with Crippen molar-refractivity contribution in [3.8, 4) is 0 Å². The highest BCUT2D eigenvalue weighted by molar-refractivity contribution is 9.10. The van der Waals surface area contributed by atoms with Gasteiger partial charge in [0.25, 0.3) is 0 Å². The summed E-state index contributed by atoms with van der Waals surface area (Å²) in [5.74, 6) is -1.79. The number of hydrogen-bond donors (Lipinski definition) is 0. The van der Waals surface area contributed by atoms with E-state index in [2.05, 4.69) is 15.9 Å². The second kappa shape index (κ2) is 7.57. The monoisotopic (exact) mass is 479 g/mol. The Kier molecular flexibility index (Phi) is 4.85. The van der Waals surface area contributed by atoms with Crippen LogP contribution in [-0.2, 0) is 14.3 Å². The van der Waals surface area contributed by atoms with E-state index in [0.717, 1.165) is 10.9 Å². The molecule has 3 aliphatic rings. The summed E-state index contributed by atoms with van der Waals surface area (Å²) in [6.07, 6.45) is 4.94. The average molecular weight is 480 g/mol. The van der Waals surface area contributed by atoms with Crippen molar-refractivity contribution in [2.45, 2.75) is 6.42 Å². The van der Waals surface area contributed by atoms with E-state index in [1.807, 2.05) is 12.2 Å². The molecule has 1 saturated carbocycles. The lowest BCUT2D eigenvalue weighted by Gasteiger charge is -2.18. The fourth-order valence-corrected chi connectivity index (χ4v) is 5.13. The predicted molar refractivity (Wildman–Crippen MR) is 115 cm³/mol. The lowest BCUT2D eigenvalue weighted by molar-refractivity contribution is -0.123. The van der Waals surface area contributed by atoms with Gasteiger partial charge in [-0.1, -0.05) is 46.3 Å². The summed E-state index contributed by atoms with van der Waals surface area (Å²) in [6.45, 7) is -0.397. The summed E-state index contributed by atoms with van der Waals surface area (Å²) in [6, 6.07) is 13.0. The molecule has 0 radical (unpaired) electrons. The Morgan fingerprint density at radius 1 is 0.935 bits per heavy atom. The van der Waals surface area contributed by atoms with Crippen LogP contribution in [0, 0.1) is 23.7 Å². The number of allylic oxidation sites excluding steroid dienone is 2. The highest BCUT2D eigenvalue weighted by Crippen LogP contribution is 2.53. The van der Waals surface area contributed by atoms with Crippen molar-refractivity contribution in [2.24, 2.45) is 23.7 Å². The lowest BCUT2D eigenvalue weighted by atomic mass is 9.85. The largest absolute Gasteiger partial charge is 0.454 e. The Balaban J connectivity index is 1.30. The van der Waals surface area contributed by atoms with Gasteiger partial charge in [0.05, 0.1) is 23.1 Å². The molecule has 0 spiro atoms. The van der Waals surface area contributed by atoms with E-state index in [4.69, 9.17) is 4.74 Å². The van der Waals surface area contributed by atoms with Crippen LogP contribution in [0.5, 0.6) is 0 Å². The molecule has 1 saturated heterocycles. The minimum absolute atomic E-state index is 0.120. The number of Topliss-reactive ketones (excluding diaryl/α,β-unsaturated/α-hetero) is 1. The number of imide groups is 1. The molecule has 156 valence electrons. The number of ether oxygens (including phenoxy) is 1. The molecule has 7 heteroatoms. The molecule has 2 aromatic carbocycles. The summed E-state index contributed by atoms with van der Waals surface area (Å²) in [4.78, 5) is 51.9. The van der Waals surface area contributed by atoms with Gasteiger partial charge in [-0.25, -0.2) is 9.69 Å². The second-order valence-corrected chi connectivity index (χ2v) is 8.98. The van der Waals surface area contributed by atoms with Crippen LogP contribution in [0.4, 0.5) is 5.69 Å². The van der Waals surface area contributed by atoms with Gasteiger partial charge >= 0.3 is 5.97 Å². The van der Waals surface area contributed by atoms with Crippen molar-refractivity contribution in [3.05, 3.63) is 76.3 Å². The maximum absolute atomic E-state index is 13.0. The van der Waals surface area contributed by atoms with Gasteiger partial charge < -0.3 is 4.74 Å². The second-order valence-electron chi connectivity index (χ2n) is 8.07. The molecule has 1 aliphatic heterocycles. The number of rotatable bonds is 5. The zero-order valence-electron chi connectivity index (χ0n) is 16.4. The van der Waals surface area contributed by atoms with Gasteiger partial charge in [-0.05, 0) is 48.6 Å². The Morgan fingerprint density at radius 3 is 2.23 bits per heavy atom. The smallest absolute Gasteiger partial charge is 0.338 e. The van der Waals surface area contributed by atoms with Crippen LogP contribution in [-0.4, -0.2) is 30.2 Å². The molecular weight excluding hydrogens is 462 g/mol. The first-order valence-electron chi connectivity index (χ1n) is 10.1. The maximum Gasteiger partial charge on any atom is 0.338 e. The number of esters is 1. The Labute approximate surface area is 187 Å². The SMILES string of the molecule is O=C(COC(=O)c1cccc(N2C(=O)C3C4C=CC(C4)C3C2=O)c1)c1ccc(Br)cc1. The van der Waals surface area contributed by atoms with Crippen molar-refractivity contribution in [3.63, 3.8) is 0 Å². The lowest BCUT2D eigenvalue weighted by Crippen LogP contribution is -2.33. The number of nitrogens with zero attached hydrogens (tertiary/aromatic N) is 1. The number of carbonyl (C=O) groups is 4. The Bertz CT molecular complexity index is 1110. The van der Waals surface area contributed by atoms with Crippen LogP contribution < -0.4 is 4.90 Å². The van der Waals surface area contributed by atoms with Crippen LogP contribution >= 0.6 is 15.9 Å². The summed E-state index contributed by atoms with van der Waals surface area (Å²) in [5.41, 5.74) is 0.977. The fraction of sp³-hybridized carbons (Fsp3) is 0.250. The first kappa shape index (κ1) is 19.9. The van der Waals surface area contributed by atoms with Crippen molar-refractivity contribution in [2.75, 3.05) is 11.5 Å². The number of fused-ring (bicyclic) bond motifs is 5. The van der Waals surface area contributed by atoms with Crippen LogP contribution in [0.2, 0.25) is 0 Å². The van der Waals surface area contributed by atoms with Gasteiger partial charge in [0.15, 0.2) is 12.4 Å². The van der Waals surface area contributed by atoms with Crippen LogP contribution in [0.3, 0.4) is 0 Å². The summed E-state index contributed by atoms with van der Waals surface area (Å²) in [7, 11) is 0. The Morgan fingerprint density at radius 2 is 1.58 bits per heavy atom. The topological polar surface area (TPSA) is 80.8 Å². The molecule has 0 aromatic heterocycles. The van der Waals surface area contributed by atoms with Gasteiger partial charge in [-0.2, -0.15) is 0 Å². The van der Waals surface area contributed by atoms with E-state index in [1.54, 1.807) is 36.4 Å². The van der Waals surface area contributed by atoms with E-state index in [-0.39, 0.29) is 46.8 Å². The molecule has 2 aliphatic carbocycles. The molecule has 0 N–H and O–H groups in total.